The Morgan fingerprint density at radius 2 is 2.00 bits per heavy atom. The van der Waals surface area contributed by atoms with Crippen molar-refractivity contribution in [2.75, 3.05) is 12.5 Å². The number of methoxy groups -OCH3 is 1. The first kappa shape index (κ1) is 10.6. The van der Waals surface area contributed by atoms with Gasteiger partial charge in [0.25, 0.3) is 0 Å². The smallest absolute Gasteiger partial charge is 0.418 e. The molecule has 0 saturated heterocycles. The standard InChI is InChI=1S/C8H9F3N2O/c1-14-5-2-3-6(8(9,10)11)7(4-5)13-12/h2-4,13H,12H2,1H3. The zero-order valence-corrected chi connectivity index (χ0v) is 7.35. The van der Waals surface area contributed by atoms with E-state index in [9.17, 15) is 13.2 Å². The summed E-state index contributed by atoms with van der Waals surface area (Å²) in [7, 11) is 1.36. The van der Waals surface area contributed by atoms with Crippen molar-refractivity contribution in [3.8, 4) is 5.75 Å². The summed E-state index contributed by atoms with van der Waals surface area (Å²) in [6.45, 7) is 0. The first-order valence-electron chi connectivity index (χ1n) is 3.71. The van der Waals surface area contributed by atoms with Gasteiger partial charge in [-0.05, 0) is 12.1 Å². The second-order valence-corrected chi connectivity index (χ2v) is 2.55. The lowest BCUT2D eigenvalue weighted by Gasteiger charge is -2.13. The Morgan fingerprint density at radius 3 is 2.43 bits per heavy atom. The Kier molecular flexibility index (Phi) is 2.85. The molecule has 0 heterocycles. The molecule has 6 heteroatoms. The van der Waals surface area contributed by atoms with Crippen LogP contribution in [0.15, 0.2) is 18.2 Å². The van der Waals surface area contributed by atoms with Gasteiger partial charge in [-0.3, -0.25) is 5.84 Å². The van der Waals surface area contributed by atoms with Gasteiger partial charge in [0.1, 0.15) is 5.75 Å². The van der Waals surface area contributed by atoms with E-state index >= 15 is 0 Å². The molecule has 0 atom stereocenters. The Balaban J connectivity index is 3.18. The van der Waals surface area contributed by atoms with Crippen LogP contribution in [0.25, 0.3) is 0 Å². The second kappa shape index (κ2) is 3.75. The molecule has 0 unspecified atom stereocenters. The van der Waals surface area contributed by atoms with Gasteiger partial charge < -0.3 is 10.2 Å². The number of anilines is 1. The van der Waals surface area contributed by atoms with Crippen molar-refractivity contribution in [1.82, 2.24) is 0 Å². The van der Waals surface area contributed by atoms with Gasteiger partial charge in [-0.25, -0.2) is 0 Å². The third kappa shape index (κ3) is 2.08. The molecule has 1 aromatic carbocycles. The van der Waals surface area contributed by atoms with Crippen LogP contribution in [0.1, 0.15) is 5.56 Å². The number of ether oxygens (including phenoxy) is 1. The number of alkyl halides is 3. The Hall–Kier alpha value is -1.43. The maximum absolute atomic E-state index is 12.3. The largest absolute Gasteiger partial charge is 0.497 e. The van der Waals surface area contributed by atoms with E-state index in [1.165, 1.54) is 19.2 Å². The number of hydrogen-bond donors (Lipinski definition) is 2. The highest BCUT2D eigenvalue weighted by Gasteiger charge is 2.33. The van der Waals surface area contributed by atoms with E-state index in [1.807, 2.05) is 5.43 Å². The summed E-state index contributed by atoms with van der Waals surface area (Å²) in [6, 6.07) is 3.32. The van der Waals surface area contributed by atoms with Crippen LogP contribution >= 0.6 is 0 Å². The molecule has 0 aromatic heterocycles. The Bertz CT molecular complexity index is 325. The molecule has 0 bridgehead atoms. The number of nitrogen functional groups attached to an aromatic ring is 1. The van der Waals surface area contributed by atoms with Crippen molar-refractivity contribution in [3.05, 3.63) is 23.8 Å². The molecule has 3 nitrogen and oxygen atoms in total. The van der Waals surface area contributed by atoms with Crippen molar-refractivity contribution < 1.29 is 17.9 Å². The van der Waals surface area contributed by atoms with Gasteiger partial charge in [-0.2, -0.15) is 13.2 Å². The molecule has 78 valence electrons. The fourth-order valence-electron chi connectivity index (χ4n) is 1.02. The first-order valence-corrected chi connectivity index (χ1v) is 3.71. The average Bonchev–Trinajstić information content (AvgIpc) is 2.15. The van der Waals surface area contributed by atoms with Crippen LogP contribution in [-0.2, 0) is 6.18 Å². The van der Waals surface area contributed by atoms with Crippen molar-refractivity contribution in [3.63, 3.8) is 0 Å². The predicted molar refractivity (Wildman–Crippen MR) is 45.8 cm³/mol. The molecule has 1 aromatic rings. The van der Waals surface area contributed by atoms with E-state index in [0.717, 1.165) is 6.07 Å². The molecule has 1 rings (SSSR count). The van der Waals surface area contributed by atoms with Crippen LogP contribution in [-0.4, -0.2) is 7.11 Å². The number of nitrogens with two attached hydrogens (primary N) is 1. The fourth-order valence-corrected chi connectivity index (χ4v) is 1.02. The summed E-state index contributed by atoms with van der Waals surface area (Å²) in [5.74, 6) is 5.28. The lowest BCUT2D eigenvalue weighted by molar-refractivity contribution is -0.137. The van der Waals surface area contributed by atoms with E-state index in [4.69, 9.17) is 10.6 Å². The minimum atomic E-state index is -4.42. The normalized spacial score (nSPS) is 11.2. The molecule has 14 heavy (non-hydrogen) atoms. The highest BCUT2D eigenvalue weighted by molar-refractivity contribution is 5.55. The lowest BCUT2D eigenvalue weighted by atomic mass is 10.1. The van der Waals surface area contributed by atoms with Crippen LogP contribution in [0.4, 0.5) is 18.9 Å². The van der Waals surface area contributed by atoms with Gasteiger partial charge >= 0.3 is 6.18 Å². The maximum atomic E-state index is 12.3. The minimum absolute atomic E-state index is 0.211. The summed E-state index contributed by atoms with van der Waals surface area (Å²) in [5.41, 5.74) is 0.947. The summed E-state index contributed by atoms with van der Waals surface area (Å²) in [4.78, 5) is 0. The summed E-state index contributed by atoms with van der Waals surface area (Å²) < 4.78 is 41.8. The first-order chi connectivity index (χ1) is 6.49. The molecule has 0 spiro atoms. The Labute approximate surface area is 78.6 Å². The molecule has 0 aliphatic heterocycles. The van der Waals surface area contributed by atoms with Crippen molar-refractivity contribution in [2.45, 2.75) is 6.18 Å². The van der Waals surface area contributed by atoms with Gasteiger partial charge in [0.2, 0.25) is 0 Å². The van der Waals surface area contributed by atoms with Gasteiger partial charge in [0, 0.05) is 6.07 Å². The third-order valence-electron chi connectivity index (χ3n) is 1.69. The van der Waals surface area contributed by atoms with E-state index in [0.29, 0.717) is 5.75 Å². The number of hydrogen-bond acceptors (Lipinski definition) is 3. The van der Waals surface area contributed by atoms with Crippen LogP contribution < -0.4 is 16.0 Å². The monoisotopic (exact) mass is 206 g/mol. The lowest BCUT2D eigenvalue weighted by Crippen LogP contribution is -2.14. The van der Waals surface area contributed by atoms with Crippen LogP contribution in [0.2, 0.25) is 0 Å². The molecule has 0 fully saturated rings. The zero-order valence-electron chi connectivity index (χ0n) is 7.35. The van der Waals surface area contributed by atoms with E-state index < -0.39 is 11.7 Å². The second-order valence-electron chi connectivity index (χ2n) is 2.55. The summed E-state index contributed by atoms with van der Waals surface area (Å²) in [6.07, 6.45) is -4.42. The molecule has 0 aliphatic carbocycles. The van der Waals surface area contributed by atoms with E-state index in [-0.39, 0.29) is 5.69 Å². The van der Waals surface area contributed by atoms with E-state index in [1.54, 1.807) is 0 Å². The molecule has 0 saturated carbocycles. The highest BCUT2D eigenvalue weighted by atomic mass is 19.4. The van der Waals surface area contributed by atoms with Crippen LogP contribution in [0.5, 0.6) is 5.75 Å². The zero-order chi connectivity index (χ0) is 10.8. The Morgan fingerprint density at radius 1 is 1.36 bits per heavy atom. The summed E-state index contributed by atoms with van der Waals surface area (Å²) >= 11 is 0. The van der Waals surface area contributed by atoms with Crippen molar-refractivity contribution in [1.29, 1.82) is 0 Å². The number of hydrazine groups is 1. The topological polar surface area (TPSA) is 47.3 Å². The third-order valence-corrected chi connectivity index (χ3v) is 1.69. The fraction of sp³-hybridized carbons (Fsp3) is 0.250. The molecule has 0 aliphatic rings. The maximum Gasteiger partial charge on any atom is 0.418 e. The van der Waals surface area contributed by atoms with Crippen LogP contribution in [0, 0.1) is 0 Å². The molecular weight excluding hydrogens is 197 g/mol. The van der Waals surface area contributed by atoms with Gasteiger partial charge in [-0.1, -0.05) is 0 Å². The molecule has 3 N–H and O–H groups in total. The van der Waals surface area contributed by atoms with Gasteiger partial charge in [0.15, 0.2) is 0 Å². The van der Waals surface area contributed by atoms with Crippen molar-refractivity contribution in [2.24, 2.45) is 5.84 Å². The number of halogens is 3. The minimum Gasteiger partial charge on any atom is -0.497 e. The summed E-state index contributed by atoms with van der Waals surface area (Å²) in [5, 5.41) is 0. The van der Waals surface area contributed by atoms with Gasteiger partial charge in [-0.15, -0.1) is 0 Å². The number of benzene rings is 1. The van der Waals surface area contributed by atoms with Crippen molar-refractivity contribution >= 4 is 5.69 Å². The number of nitrogens with one attached hydrogen (secondary N) is 1. The number of rotatable bonds is 2. The molecule has 0 amide bonds. The van der Waals surface area contributed by atoms with E-state index in [2.05, 4.69) is 0 Å². The SMILES string of the molecule is COc1ccc(C(F)(F)F)c(NN)c1. The predicted octanol–water partition coefficient (Wildman–Crippen LogP) is 2.00. The molecule has 0 radical (unpaired) electrons. The molecular formula is C8H9F3N2O. The van der Waals surface area contributed by atoms with Gasteiger partial charge in [0.05, 0.1) is 18.4 Å². The average molecular weight is 206 g/mol. The van der Waals surface area contributed by atoms with Crippen LogP contribution in [0.3, 0.4) is 0 Å². The quantitative estimate of drug-likeness (QED) is 0.574. The highest BCUT2D eigenvalue weighted by Crippen LogP contribution is 2.36.